The van der Waals surface area contributed by atoms with Crippen LogP contribution in [0.15, 0.2) is 17.0 Å². The van der Waals surface area contributed by atoms with Crippen LogP contribution in [0.1, 0.15) is 35.7 Å². The molecule has 0 amide bonds. The summed E-state index contributed by atoms with van der Waals surface area (Å²) in [6.45, 7) is 4.48. The molecule has 1 atom stereocenters. The van der Waals surface area contributed by atoms with Crippen molar-refractivity contribution in [2.75, 3.05) is 13.1 Å². The normalized spacial score (nSPS) is 19.8. The van der Waals surface area contributed by atoms with E-state index in [0.29, 0.717) is 24.6 Å². The number of aryl methyl sites for hydroxylation is 1. The Hall–Kier alpha value is -1.60. The summed E-state index contributed by atoms with van der Waals surface area (Å²) in [4.78, 5) is 11.0. The summed E-state index contributed by atoms with van der Waals surface area (Å²) in [6, 6.07) is 2.23. The number of nitrogens with zero attached hydrogens (tertiary/aromatic N) is 1. The summed E-state index contributed by atoms with van der Waals surface area (Å²) in [5.74, 6) is -1.43. The van der Waals surface area contributed by atoms with E-state index >= 15 is 0 Å². The number of benzene rings is 1. The Morgan fingerprint density at radius 2 is 2.10 bits per heavy atom. The molecule has 1 aliphatic heterocycles. The number of carboxylic acid groups (broad SMARTS) is 1. The number of hydrogen-bond acceptors (Lipinski definition) is 4. The van der Waals surface area contributed by atoms with Gasteiger partial charge in [-0.05, 0) is 37.0 Å². The fourth-order valence-corrected chi connectivity index (χ4v) is 4.37. The molecule has 1 aliphatic rings. The second kappa shape index (κ2) is 5.65. The number of aromatic hydroxyl groups is 1. The maximum absolute atomic E-state index is 12.7. The van der Waals surface area contributed by atoms with Crippen molar-refractivity contribution in [3.63, 3.8) is 0 Å². The highest BCUT2D eigenvalue weighted by Gasteiger charge is 2.33. The number of carbonyl (C=O) groups is 1. The Balaban J connectivity index is 2.45. The molecule has 0 spiro atoms. The minimum atomic E-state index is -3.73. The van der Waals surface area contributed by atoms with Crippen LogP contribution in [0.5, 0.6) is 5.75 Å². The summed E-state index contributed by atoms with van der Waals surface area (Å²) < 4.78 is 26.7. The first-order valence-corrected chi connectivity index (χ1v) is 8.28. The van der Waals surface area contributed by atoms with Crippen LogP contribution in [0.4, 0.5) is 0 Å². The van der Waals surface area contributed by atoms with Crippen molar-refractivity contribution in [3.05, 3.63) is 23.3 Å². The first-order valence-electron chi connectivity index (χ1n) is 6.84. The minimum Gasteiger partial charge on any atom is -0.507 e. The van der Waals surface area contributed by atoms with Gasteiger partial charge in [0.2, 0.25) is 10.0 Å². The van der Waals surface area contributed by atoms with Crippen molar-refractivity contribution >= 4 is 16.0 Å². The predicted octanol–water partition coefficient (Wildman–Crippen LogP) is 1.82. The minimum absolute atomic E-state index is 0.0468. The Morgan fingerprint density at radius 3 is 2.62 bits per heavy atom. The van der Waals surface area contributed by atoms with Gasteiger partial charge in [-0.15, -0.1) is 0 Å². The fraction of sp³-hybridized carbons (Fsp3) is 0.500. The smallest absolute Gasteiger partial charge is 0.339 e. The molecule has 2 rings (SSSR count). The van der Waals surface area contributed by atoms with Crippen LogP contribution >= 0.6 is 0 Å². The van der Waals surface area contributed by atoms with E-state index in [2.05, 4.69) is 0 Å². The SMILES string of the molecule is CCC1CCN(S(=O)(=O)c2cc(C(=O)O)c(O)cc2C)C1. The maximum Gasteiger partial charge on any atom is 0.339 e. The Labute approximate surface area is 124 Å². The summed E-state index contributed by atoms with van der Waals surface area (Å²) in [5, 5.41) is 18.6. The number of hydrogen-bond donors (Lipinski definition) is 2. The number of aromatic carboxylic acids is 1. The number of rotatable bonds is 4. The van der Waals surface area contributed by atoms with E-state index in [0.717, 1.165) is 18.9 Å². The molecule has 6 nitrogen and oxygen atoms in total. The van der Waals surface area contributed by atoms with Gasteiger partial charge in [0.15, 0.2) is 0 Å². The van der Waals surface area contributed by atoms with Crippen LogP contribution in [0, 0.1) is 12.8 Å². The lowest BCUT2D eigenvalue weighted by molar-refractivity contribution is 0.0693. The summed E-state index contributed by atoms with van der Waals surface area (Å²) in [6.07, 6.45) is 1.74. The first kappa shape index (κ1) is 15.8. The van der Waals surface area contributed by atoms with Crippen LogP contribution in [-0.2, 0) is 10.0 Å². The highest BCUT2D eigenvalue weighted by Crippen LogP contribution is 2.31. The van der Waals surface area contributed by atoms with Crippen molar-refractivity contribution < 1.29 is 23.4 Å². The molecule has 7 heteroatoms. The zero-order chi connectivity index (χ0) is 15.8. The van der Waals surface area contributed by atoms with Crippen LogP contribution in [0.2, 0.25) is 0 Å². The predicted molar refractivity (Wildman–Crippen MR) is 77.0 cm³/mol. The first-order chi connectivity index (χ1) is 9.77. The molecule has 0 aromatic heterocycles. The molecule has 116 valence electrons. The molecule has 0 aliphatic carbocycles. The van der Waals surface area contributed by atoms with E-state index in [4.69, 9.17) is 5.11 Å². The van der Waals surface area contributed by atoms with Crippen molar-refractivity contribution in [1.29, 1.82) is 0 Å². The molecule has 0 saturated carbocycles. The molecule has 2 N–H and O–H groups in total. The van der Waals surface area contributed by atoms with Gasteiger partial charge in [-0.1, -0.05) is 13.3 Å². The van der Waals surface area contributed by atoms with Gasteiger partial charge in [0, 0.05) is 13.1 Å². The van der Waals surface area contributed by atoms with E-state index in [1.165, 1.54) is 10.4 Å². The summed E-state index contributed by atoms with van der Waals surface area (Å²) in [5.41, 5.74) is -0.0529. The van der Waals surface area contributed by atoms with Crippen LogP contribution in [0.3, 0.4) is 0 Å². The Bertz CT molecular complexity index is 668. The van der Waals surface area contributed by atoms with Gasteiger partial charge in [0.05, 0.1) is 4.90 Å². The van der Waals surface area contributed by atoms with Gasteiger partial charge in [-0.2, -0.15) is 4.31 Å². The monoisotopic (exact) mass is 313 g/mol. The fourth-order valence-electron chi connectivity index (χ4n) is 2.61. The number of sulfonamides is 1. The Morgan fingerprint density at radius 1 is 1.43 bits per heavy atom. The number of phenols is 1. The molecule has 21 heavy (non-hydrogen) atoms. The third kappa shape index (κ3) is 2.89. The topological polar surface area (TPSA) is 94.9 Å². The molecule has 1 unspecified atom stereocenters. The van der Waals surface area contributed by atoms with Crippen molar-refractivity contribution in [2.24, 2.45) is 5.92 Å². The molecular weight excluding hydrogens is 294 g/mol. The molecule has 0 radical (unpaired) electrons. The third-order valence-corrected chi connectivity index (χ3v) is 5.97. The molecular formula is C14H19NO5S. The lowest BCUT2D eigenvalue weighted by Crippen LogP contribution is -2.29. The number of carboxylic acids is 1. The van der Waals surface area contributed by atoms with E-state index in [9.17, 15) is 18.3 Å². The second-order valence-corrected chi connectivity index (χ2v) is 7.27. The maximum atomic E-state index is 12.7. The van der Waals surface area contributed by atoms with Gasteiger partial charge in [0.25, 0.3) is 0 Å². The quantitative estimate of drug-likeness (QED) is 0.884. The van der Waals surface area contributed by atoms with Gasteiger partial charge in [0.1, 0.15) is 11.3 Å². The molecule has 1 heterocycles. The largest absolute Gasteiger partial charge is 0.507 e. The molecule has 1 aromatic rings. The van der Waals surface area contributed by atoms with Gasteiger partial charge >= 0.3 is 5.97 Å². The highest BCUT2D eigenvalue weighted by atomic mass is 32.2. The third-order valence-electron chi connectivity index (χ3n) is 3.97. The zero-order valence-electron chi connectivity index (χ0n) is 12.0. The standard InChI is InChI=1S/C14H19NO5S/c1-3-10-4-5-15(8-10)21(19,20)13-7-11(14(17)18)12(16)6-9(13)2/h6-7,10,16H,3-5,8H2,1-2H3,(H,17,18). The van der Waals surface area contributed by atoms with Gasteiger partial charge in [-0.3, -0.25) is 0 Å². The van der Waals surface area contributed by atoms with Crippen LogP contribution in [-0.4, -0.2) is 42.0 Å². The van der Waals surface area contributed by atoms with Crippen LogP contribution in [0.25, 0.3) is 0 Å². The molecule has 1 aromatic carbocycles. The molecule has 0 bridgehead atoms. The van der Waals surface area contributed by atoms with Crippen molar-refractivity contribution in [1.82, 2.24) is 4.31 Å². The average Bonchev–Trinajstić information content (AvgIpc) is 2.87. The lowest BCUT2D eigenvalue weighted by Gasteiger charge is -2.18. The van der Waals surface area contributed by atoms with Gasteiger partial charge < -0.3 is 10.2 Å². The van der Waals surface area contributed by atoms with Crippen molar-refractivity contribution in [3.8, 4) is 5.75 Å². The highest BCUT2D eigenvalue weighted by molar-refractivity contribution is 7.89. The van der Waals surface area contributed by atoms with E-state index in [1.807, 2.05) is 6.92 Å². The second-order valence-electron chi connectivity index (χ2n) is 5.37. The van der Waals surface area contributed by atoms with Crippen LogP contribution < -0.4 is 0 Å². The lowest BCUT2D eigenvalue weighted by atomic mass is 10.1. The summed E-state index contributed by atoms with van der Waals surface area (Å²) >= 11 is 0. The average molecular weight is 313 g/mol. The van der Waals surface area contributed by atoms with E-state index in [1.54, 1.807) is 6.92 Å². The van der Waals surface area contributed by atoms with Gasteiger partial charge in [-0.25, -0.2) is 13.2 Å². The molecule has 1 saturated heterocycles. The molecule has 1 fully saturated rings. The Kier molecular flexibility index (Phi) is 4.25. The van der Waals surface area contributed by atoms with Crippen molar-refractivity contribution in [2.45, 2.75) is 31.6 Å². The summed E-state index contributed by atoms with van der Waals surface area (Å²) in [7, 11) is -3.73. The van der Waals surface area contributed by atoms with E-state index in [-0.39, 0.29) is 4.90 Å². The zero-order valence-corrected chi connectivity index (χ0v) is 12.9. The van der Waals surface area contributed by atoms with E-state index < -0.39 is 27.3 Å².